The van der Waals surface area contributed by atoms with Crippen molar-refractivity contribution in [2.75, 3.05) is 26.3 Å². The van der Waals surface area contributed by atoms with Crippen molar-refractivity contribution < 1.29 is 4.74 Å². The van der Waals surface area contributed by atoms with E-state index in [1.165, 1.54) is 64.2 Å². The van der Waals surface area contributed by atoms with Gasteiger partial charge in [-0.2, -0.15) is 0 Å². The van der Waals surface area contributed by atoms with Crippen molar-refractivity contribution in [1.29, 1.82) is 0 Å². The molecule has 0 aromatic rings. The third-order valence-corrected chi connectivity index (χ3v) is 6.06. The van der Waals surface area contributed by atoms with Crippen molar-refractivity contribution in [3.05, 3.63) is 12.4 Å². The normalized spacial score (nSPS) is 23.8. The van der Waals surface area contributed by atoms with Gasteiger partial charge in [0.05, 0.1) is 13.2 Å². The molecule has 3 aliphatic rings. The molecule has 0 amide bonds. The predicted octanol–water partition coefficient (Wildman–Crippen LogP) is 3.63. The van der Waals surface area contributed by atoms with Crippen LogP contribution in [0.5, 0.6) is 0 Å². The molecule has 1 heterocycles. The van der Waals surface area contributed by atoms with Gasteiger partial charge in [-0.3, -0.25) is 0 Å². The maximum absolute atomic E-state index is 5.88. The van der Waals surface area contributed by atoms with Gasteiger partial charge in [-0.25, -0.2) is 0 Å². The topological polar surface area (TPSA) is 27.7 Å². The number of rotatable bonds is 4. The lowest BCUT2D eigenvalue weighted by molar-refractivity contribution is 0.0394. The molecule has 3 fully saturated rings. The zero-order valence-corrected chi connectivity index (χ0v) is 15.8. The second-order valence-corrected chi connectivity index (χ2v) is 7.85. The molecule has 2 saturated carbocycles. The molecule has 0 unspecified atom stereocenters. The van der Waals surface area contributed by atoms with Crippen LogP contribution in [-0.4, -0.2) is 53.3 Å². The average molecular weight is 352 g/mol. The second-order valence-electron chi connectivity index (χ2n) is 7.46. The van der Waals surface area contributed by atoms with Crippen LogP contribution in [0.3, 0.4) is 0 Å². The summed E-state index contributed by atoms with van der Waals surface area (Å²) < 4.78 is 5.51. The summed E-state index contributed by atoms with van der Waals surface area (Å²) >= 11 is 5.88. The summed E-state index contributed by atoms with van der Waals surface area (Å²) in [7, 11) is 0. The molecular weight excluding hydrogens is 318 g/mol. The molecule has 0 spiro atoms. The Kier molecular flexibility index (Phi) is 6.78. The van der Waals surface area contributed by atoms with E-state index in [-0.39, 0.29) is 0 Å². The molecule has 0 aromatic heterocycles. The van der Waals surface area contributed by atoms with E-state index < -0.39 is 0 Å². The van der Waals surface area contributed by atoms with Gasteiger partial charge in [0, 0.05) is 25.2 Å². The lowest BCUT2D eigenvalue weighted by Crippen LogP contribution is -2.53. The number of thiocarbonyl (C=S) groups is 1. The first-order valence-electron chi connectivity index (χ1n) is 9.87. The summed E-state index contributed by atoms with van der Waals surface area (Å²) in [5, 5.41) is 4.58. The molecule has 3 rings (SSSR count). The van der Waals surface area contributed by atoms with Crippen molar-refractivity contribution >= 4 is 17.3 Å². The highest BCUT2D eigenvalue weighted by Crippen LogP contribution is 2.27. The summed E-state index contributed by atoms with van der Waals surface area (Å²) in [6, 6.07) is 1.06. The van der Waals surface area contributed by atoms with Crippen LogP contribution in [0.15, 0.2) is 12.4 Å². The molecule has 1 saturated heterocycles. The maximum atomic E-state index is 5.88. The second kappa shape index (κ2) is 9.04. The minimum Gasteiger partial charge on any atom is -0.378 e. The van der Waals surface area contributed by atoms with Gasteiger partial charge in [0.25, 0.3) is 0 Å². The molecule has 1 aliphatic heterocycles. The highest BCUT2D eigenvalue weighted by atomic mass is 32.1. The van der Waals surface area contributed by atoms with Crippen LogP contribution in [0.4, 0.5) is 0 Å². The number of nitrogens with zero attached hydrogens (tertiary/aromatic N) is 2. The largest absolute Gasteiger partial charge is 0.378 e. The fourth-order valence-corrected chi connectivity index (χ4v) is 4.72. The highest BCUT2D eigenvalue weighted by molar-refractivity contribution is 7.80. The molecule has 0 bridgehead atoms. The van der Waals surface area contributed by atoms with Crippen molar-refractivity contribution in [3.63, 3.8) is 0 Å². The lowest BCUT2D eigenvalue weighted by Gasteiger charge is -2.43. The van der Waals surface area contributed by atoms with Crippen LogP contribution < -0.4 is 5.32 Å². The van der Waals surface area contributed by atoms with Gasteiger partial charge in [-0.1, -0.05) is 45.1 Å². The summed E-state index contributed by atoms with van der Waals surface area (Å²) in [5.74, 6) is 1.08. The number of hydrogen-bond donors (Lipinski definition) is 1. The Morgan fingerprint density at radius 2 is 1.54 bits per heavy atom. The molecule has 4 nitrogen and oxygen atoms in total. The predicted molar refractivity (Wildman–Crippen MR) is 103 cm³/mol. The Morgan fingerprint density at radius 1 is 0.958 bits per heavy atom. The summed E-state index contributed by atoms with van der Waals surface area (Å²) in [4.78, 5) is 4.71. The highest BCUT2D eigenvalue weighted by Gasteiger charge is 2.29. The number of nitrogens with one attached hydrogen (secondary N) is 1. The molecule has 0 aromatic carbocycles. The van der Waals surface area contributed by atoms with Gasteiger partial charge < -0.3 is 19.9 Å². The van der Waals surface area contributed by atoms with Crippen molar-refractivity contribution in [2.24, 2.45) is 0 Å². The van der Waals surface area contributed by atoms with E-state index in [9.17, 15) is 0 Å². The van der Waals surface area contributed by atoms with Crippen molar-refractivity contribution in [1.82, 2.24) is 15.1 Å². The summed E-state index contributed by atoms with van der Waals surface area (Å²) in [6.45, 7) is 7.87. The number of ether oxygens (including phenoxy) is 1. The van der Waals surface area contributed by atoms with E-state index in [1.54, 1.807) is 0 Å². The minimum atomic E-state index is 0.512. The standard InChI is InChI=1S/C19H33N3OS/c1-16(21-12-14-23-15-13-21)22(18-10-6-3-7-11-18)19(24)20-17-8-4-2-5-9-17/h17-18H,1-15H2,(H,20,24). The van der Waals surface area contributed by atoms with E-state index in [1.807, 2.05) is 0 Å². The van der Waals surface area contributed by atoms with E-state index >= 15 is 0 Å². The number of hydrogen-bond acceptors (Lipinski definition) is 3. The van der Waals surface area contributed by atoms with E-state index in [2.05, 4.69) is 21.7 Å². The van der Waals surface area contributed by atoms with Crippen LogP contribution in [0.1, 0.15) is 64.2 Å². The molecule has 0 radical (unpaired) electrons. The first-order valence-corrected chi connectivity index (χ1v) is 10.3. The maximum Gasteiger partial charge on any atom is 0.175 e. The Bertz CT molecular complexity index is 424. The smallest absolute Gasteiger partial charge is 0.175 e. The van der Waals surface area contributed by atoms with Crippen LogP contribution >= 0.6 is 12.2 Å². The van der Waals surface area contributed by atoms with Crippen LogP contribution in [0.2, 0.25) is 0 Å². The Labute approximate surface area is 152 Å². The molecule has 2 aliphatic carbocycles. The van der Waals surface area contributed by atoms with Gasteiger partial charge >= 0.3 is 0 Å². The summed E-state index contributed by atoms with van der Waals surface area (Å²) in [5.41, 5.74) is 0. The first-order chi connectivity index (χ1) is 11.8. The molecule has 5 heteroatoms. The van der Waals surface area contributed by atoms with Gasteiger partial charge in [-0.15, -0.1) is 0 Å². The van der Waals surface area contributed by atoms with Crippen molar-refractivity contribution in [3.8, 4) is 0 Å². The Morgan fingerprint density at radius 3 is 2.17 bits per heavy atom. The van der Waals surface area contributed by atoms with Crippen LogP contribution in [0, 0.1) is 0 Å². The van der Waals surface area contributed by atoms with Gasteiger partial charge in [0.1, 0.15) is 5.82 Å². The summed E-state index contributed by atoms with van der Waals surface area (Å²) in [6.07, 6.45) is 13.0. The molecule has 0 atom stereocenters. The zero-order valence-electron chi connectivity index (χ0n) is 15.0. The van der Waals surface area contributed by atoms with E-state index in [4.69, 9.17) is 17.0 Å². The monoisotopic (exact) mass is 351 g/mol. The van der Waals surface area contributed by atoms with Gasteiger partial charge in [0.2, 0.25) is 0 Å². The van der Waals surface area contributed by atoms with Gasteiger partial charge in [0.15, 0.2) is 5.11 Å². The zero-order chi connectivity index (χ0) is 16.8. The number of morpholine rings is 1. The Hall–Kier alpha value is -0.810. The average Bonchev–Trinajstić information content (AvgIpc) is 2.64. The minimum absolute atomic E-state index is 0.512. The quantitative estimate of drug-likeness (QED) is 0.781. The SMILES string of the molecule is C=C(N1CCOCC1)N(C(=S)NC1CCCCC1)C1CCCCC1. The van der Waals surface area contributed by atoms with Gasteiger partial charge in [-0.05, 0) is 37.9 Å². The molecule has 136 valence electrons. The third-order valence-electron chi connectivity index (χ3n) is 5.75. The third kappa shape index (κ3) is 4.63. The Balaban J connectivity index is 1.67. The van der Waals surface area contributed by atoms with Crippen LogP contribution in [0.25, 0.3) is 0 Å². The van der Waals surface area contributed by atoms with Crippen LogP contribution in [-0.2, 0) is 4.74 Å². The van der Waals surface area contributed by atoms with E-state index in [0.717, 1.165) is 37.2 Å². The molecular formula is C19H33N3OS. The fourth-order valence-electron chi connectivity index (χ4n) is 4.30. The van der Waals surface area contributed by atoms with E-state index in [0.29, 0.717) is 12.1 Å². The molecule has 1 N–H and O–H groups in total. The lowest BCUT2D eigenvalue weighted by atomic mass is 9.94. The fraction of sp³-hybridized carbons (Fsp3) is 0.842. The first kappa shape index (κ1) is 18.0. The molecule has 24 heavy (non-hydrogen) atoms. The van der Waals surface area contributed by atoms with Crippen molar-refractivity contribution in [2.45, 2.75) is 76.3 Å².